The lowest BCUT2D eigenvalue weighted by molar-refractivity contribution is 0.0954. The lowest BCUT2D eigenvalue weighted by atomic mass is 10.2. The summed E-state index contributed by atoms with van der Waals surface area (Å²) in [6.45, 7) is 2.29. The van der Waals surface area contributed by atoms with Crippen LogP contribution in [0, 0.1) is 0 Å². The van der Waals surface area contributed by atoms with Gasteiger partial charge in [-0.15, -0.1) is 0 Å². The van der Waals surface area contributed by atoms with Crippen LogP contribution in [0.5, 0.6) is 17.2 Å². The molecule has 0 radical (unpaired) electrons. The standard InChI is InChI=1S/C18H18Cl2N2O4/c1-4-26-17-13(19)7-11(8-14(17)20)10-21-22-18(23)12-5-6-15(24-2)16(9-12)25-3/h5-10H,4H2,1-3H3,(H,22,23)/b21-10+. The van der Waals surface area contributed by atoms with Gasteiger partial charge in [0.15, 0.2) is 17.2 Å². The maximum Gasteiger partial charge on any atom is 0.271 e. The lowest BCUT2D eigenvalue weighted by Gasteiger charge is -2.09. The molecule has 2 rings (SSSR count). The predicted octanol–water partition coefficient (Wildman–Crippen LogP) is 4.17. The van der Waals surface area contributed by atoms with Gasteiger partial charge in [0.1, 0.15) is 0 Å². The predicted molar refractivity (Wildman–Crippen MR) is 102 cm³/mol. The molecule has 0 unspecified atom stereocenters. The van der Waals surface area contributed by atoms with E-state index in [9.17, 15) is 4.79 Å². The van der Waals surface area contributed by atoms with Crippen molar-refractivity contribution in [3.05, 3.63) is 51.5 Å². The second-order valence-corrected chi connectivity index (χ2v) is 5.83. The summed E-state index contributed by atoms with van der Waals surface area (Å²) in [4.78, 5) is 12.2. The van der Waals surface area contributed by atoms with Crippen molar-refractivity contribution in [1.82, 2.24) is 5.43 Å². The summed E-state index contributed by atoms with van der Waals surface area (Å²) in [6, 6.07) is 8.10. The second kappa shape index (κ2) is 9.31. The molecule has 0 heterocycles. The summed E-state index contributed by atoms with van der Waals surface area (Å²) in [7, 11) is 3.02. The third kappa shape index (κ3) is 4.80. The Hall–Kier alpha value is -2.44. The molecule has 0 aliphatic rings. The minimum Gasteiger partial charge on any atom is -0.493 e. The van der Waals surface area contributed by atoms with Crippen molar-refractivity contribution >= 4 is 35.3 Å². The van der Waals surface area contributed by atoms with E-state index in [1.165, 1.54) is 20.4 Å². The quantitative estimate of drug-likeness (QED) is 0.562. The van der Waals surface area contributed by atoms with Crippen LogP contribution in [-0.2, 0) is 0 Å². The highest BCUT2D eigenvalue weighted by molar-refractivity contribution is 6.37. The molecule has 0 saturated heterocycles. The fraction of sp³-hybridized carbons (Fsp3) is 0.222. The van der Waals surface area contributed by atoms with Crippen LogP contribution in [0.15, 0.2) is 35.4 Å². The average molecular weight is 397 g/mol. The molecule has 0 saturated carbocycles. The zero-order valence-electron chi connectivity index (χ0n) is 14.5. The van der Waals surface area contributed by atoms with Gasteiger partial charge in [0.2, 0.25) is 0 Å². The number of amides is 1. The normalized spacial score (nSPS) is 10.7. The number of carbonyl (C=O) groups excluding carboxylic acids is 1. The summed E-state index contributed by atoms with van der Waals surface area (Å²) < 4.78 is 15.7. The van der Waals surface area contributed by atoms with Crippen molar-refractivity contribution in [2.75, 3.05) is 20.8 Å². The van der Waals surface area contributed by atoms with Crippen molar-refractivity contribution in [2.24, 2.45) is 5.10 Å². The number of hydrazone groups is 1. The summed E-state index contributed by atoms with van der Waals surface area (Å²) in [6.07, 6.45) is 1.44. The van der Waals surface area contributed by atoms with E-state index in [0.29, 0.717) is 45.0 Å². The molecule has 1 amide bonds. The number of carbonyl (C=O) groups is 1. The first-order valence-corrected chi connectivity index (χ1v) is 8.43. The molecule has 0 aliphatic heterocycles. The van der Waals surface area contributed by atoms with E-state index in [1.807, 2.05) is 6.92 Å². The average Bonchev–Trinajstić information content (AvgIpc) is 2.64. The number of benzene rings is 2. The topological polar surface area (TPSA) is 69.2 Å². The van der Waals surface area contributed by atoms with Crippen molar-refractivity contribution in [2.45, 2.75) is 6.92 Å². The van der Waals surface area contributed by atoms with Gasteiger partial charge in [-0.3, -0.25) is 4.79 Å². The molecule has 0 aliphatic carbocycles. The van der Waals surface area contributed by atoms with Crippen LogP contribution in [-0.4, -0.2) is 32.9 Å². The van der Waals surface area contributed by atoms with Gasteiger partial charge in [-0.05, 0) is 42.8 Å². The highest BCUT2D eigenvalue weighted by atomic mass is 35.5. The van der Waals surface area contributed by atoms with Crippen LogP contribution in [0.2, 0.25) is 10.0 Å². The van der Waals surface area contributed by atoms with Crippen LogP contribution >= 0.6 is 23.2 Å². The molecular formula is C18H18Cl2N2O4. The fourth-order valence-electron chi connectivity index (χ4n) is 2.14. The first-order valence-electron chi connectivity index (χ1n) is 7.67. The number of hydrogen-bond acceptors (Lipinski definition) is 5. The largest absolute Gasteiger partial charge is 0.493 e. The monoisotopic (exact) mass is 396 g/mol. The Morgan fingerprint density at radius 2 is 1.77 bits per heavy atom. The highest BCUT2D eigenvalue weighted by Crippen LogP contribution is 2.33. The lowest BCUT2D eigenvalue weighted by Crippen LogP contribution is -2.17. The number of rotatable bonds is 7. The third-order valence-corrected chi connectivity index (χ3v) is 3.90. The molecule has 0 bridgehead atoms. The van der Waals surface area contributed by atoms with Gasteiger partial charge in [-0.25, -0.2) is 5.43 Å². The summed E-state index contributed by atoms with van der Waals surface area (Å²) in [5.41, 5.74) is 3.43. The van der Waals surface area contributed by atoms with Gasteiger partial charge < -0.3 is 14.2 Å². The molecule has 2 aromatic carbocycles. The molecule has 2 aromatic rings. The Morgan fingerprint density at radius 3 is 2.35 bits per heavy atom. The molecule has 26 heavy (non-hydrogen) atoms. The van der Waals surface area contributed by atoms with Gasteiger partial charge in [0.05, 0.1) is 37.1 Å². The van der Waals surface area contributed by atoms with Crippen molar-refractivity contribution < 1.29 is 19.0 Å². The molecule has 0 fully saturated rings. The Kier molecular flexibility index (Phi) is 7.12. The Bertz CT molecular complexity index is 802. The van der Waals surface area contributed by atoms with E-state index in [4.69, 9.17) is 37.4 Å². The van der Waals surface area contributed by atoms with E-state index >= 15 is 0 Å². The van der Waals surface area contributed by atoms with E-state index in [2.05, 4.69) is 10.5 Å². The highest BCUT2D eigenvalue weighted by Gasteiger charge is 2.11. The minimum atomic E-state index is -0.398. The molecule has 1 N–H and O–H groups in total. The summed E-state index contributed by atoms with van der Waals surface area (Å²) in [5.74, 6) is 1.01. The molecule has 0 aromatic heterocycles. The van der Waals surface area contributed by atoms with Crippen LogP contribution in [0.4, 0.5) is 0 Å². The Labute approximate surface area is 161 Å². The first-order chi connectivity index (χ1) is 12.5. The summed E-state index contributed by atoms with van der Waals surface area (Å²) >= 11 is 12.3. The smallest absolute Gasteiger partial charge is 0.271 e. The van der Waals surface area contributed by atoms with Crippen LogP contribution < -0.4 is 19.6 Å². The number of halogens is 2. The molecule has 0 atom stereocenters. The first kappa shape index (κ1) is 19.9. The van der Waals surface area contributed by atoms with E-state index in [1.54, 1.807) is 30.3 Å². The van der Waals surface area contributed by atoms with Gasteiger partial charge in [0.25, 0.3) is 5.91 Å². The SMILES string of the molecule is CCOc1c(Cl)cc(/C=N/NC(=O)c2ccc(OC)c(OC)c2)cc1Cl. The van der Waals surface area contributed by atoms with Crippen LogP contribution in [0.1, 0.15) is 22.8 Å². The fourth-order valence-corrected chi connectivity index (χ4v) is 2.76. The van der Waals surface area contributed by atoms with E-state index < -0.39 is 5.91 Å². The van der Waals surface area contributed by atoms with Crippen molar-refractivity contribution in [3.8, 4) is 17.2 Å². The van der Waals surface area contributed by atoms with Crippen molar-refractivity contribution in [3.63, 3.8) is 0 Å². The number of nitrogens with zero attached hydrogens (tertiary/aromatic N) is 1. The number of nitrogens with one attached hydrogen (secondary N) is 1. The van der Waals surface area contributed by atoms with Gasteiger partial charge in [0, 0.05) is 5.56 Å². The van der Waals surface area contributed by atoms with E-state index in [0.717, 1.165) is 0 Å². The van der Waals surface area contributed by atoms with Gasteiger partial charge in [-0.1, -0.05) is 23.2 Å². The zero-order valence-corrected chi connectivity index (χ0v) is 16.0. The minimum absolute atomic E-state index is 0.368. The van der Waals surface area contributed by atoms with Crippen molar-refractivity contribution in [1.29, 1.82) is 0 Å². The number of methoxy groups -OCH3 is 2. The maximum absolute atomic E-state index is 12.2. The number of ether oxygens (including phenoxy) is 3. The zero-order chi connectivity index (χ0) is 19.1. The molecule has 0 spiro atoms. The second-order valence-electron chi connectivity index (χ2n) is 5.02. The Balaban J connectivity index is 2.09. The van der Waals surface area contributed by atoms with Crippen LogP contribution in [0.3, 0.4) is 0 Å². The molecule has 138 valence electrons. The summed E-state index contributed by atoms with van der Waals surface area (Å²) in [5, 5.41) is 4.65. The van der Waals surface area contributed by atoms with Gasteiger partial charge >= 0.3 is 0 Å². The third-order valence-electron chi connectivity index (χ3n) is 3.33. The molecule has 8 heteroatoms. The number of hydrogen-bond donors (Lipinski definition) is 1. The van der Waals surface area contributed by atoms with Gasteiger partial charge in [-0.2, -0.15) is 5.10 Å². The van der Waals surface area contributed by atoms with Crippen LogP contribution in [0.25, 0.3) is 0 Å². The Morgan fingerprint density at radius 1 is 1.12 bits per heavy atom. The van der Waals surface area contributed by atoms with E-state index in [-0.39, 0.29) is 0 Å². The molecular weight excluding hydrogens is 379 g/mol. The maximum atomic E-state index is 12.2. The molecule has 6 nitrogen and oxygen atoms in total.